The van der Waals surface area contributed by atoms with Gasteiger partial charge >= 0.3 is 0 Å². The first-order valence-electron chi connectivity index (χ1n) is 10.0. The summed E-state index contributed by atoms with van der Waals surface area (Å²) in [7, 11) is 0. The van der Waals surface area contributed by atoms with Crippen LogP contribution in [-0.4, -0.2) is 28.8 Å². The van der Waals surface area contributed by atoms with Gasteiger partial charge in [0.15, 0.2) is 0 Å². The molecule has 6 heteroatoms. The Morgan fingerprint density at radius 2 is 2.07 bits per heavy atom. The van der Waals surface area contributed by atoms with Gasteiger partial charge in [0.2, 0.25) is 0 Å². The molecular formula is C21H27FN4O. The summed E-state index contributed by atoms with van der Waals surface area (Å²) in [5, 5.41) is 11.0. The third kappa shape index (κ3) is 4.21. The second-order valence-electron chi connectivity index (χ2n) is 7.73. The molecule has 2 fully saturated rings. The summed E-state index contributed by atoms with van der Waals surface area (Å²) in [5.41, 5.74) is 1.27. The standard InChI is InChI=1S/C21H27FN4O/c22-17-8-3-7-16(13-17)20(15-5-1-2-6-15)24-21(27)19-10-12-26(25-19)18-9-4-11-23-14-18/h3,7-8,10,12-13,15,18,20,23H,1-2,4-6,9,11,14H2,(H,24,27). The fraction of sp³-hybridized carbons (Fsp3) is 0.524. The quantitative estimate of drug-likeness (QED) is 0.845. The van der Waals surface area contributed by atoms with Crippen LogP contribution in [0, 0.1) is 11.7 Å². The molecule has 144 valence electrons. The molecule has 1 aliphatic heterocycles. The van der Waals surface area contributed by atoms with E-state index in [2.05, 4.69) is 15.7 Å². The lowest BCUT2D eigenvalue weighted by Gasteiger charge is -2.25. The topological polar surface area (TPSA) is 59.0 Å². The van der Waals surface area contributed by atoms with Crippen molar-refractivity contribution < 1.29 is 9.18 Å². The summed E-state index contributed by atoms with van der Waals surface area (Å²) >= 11 is 0. The van der Waals surface area contributed by atoms with E-state index in [-0.39, 0.29) is 17.8 Å². The molecule has 1 saturated heterocycles. The maximum atomic E-state index is 13.7. The molecular weight excluding hydrogens is 343 g/mol. The number of hydrogen-bond donors (Lipinski definition) is 2. The van der Waals surface area contributed by atoms with Gasteiger partial charge in [0.25, 0.3) is 5.91 Å². The Kier molecular flexibility index (Phi) is 5.53. The maximum absolute atomic E-state index is 13.7. The van der Waals surface area contributed by atoms with E-state index >= 15 is 0 Å². The number of benzene rings is 1. The van der Waals surface area contributed by atoms with Crippen LogP contribution in [-0.2, 0) is 0 Å². The van der Waals surface area contributed by atoms with Crippen molar-refractivity contribution in [1.29, 1.82) is 0 Å². The number of halogens is 1. The minimum Gasteiger partial charge on any atom is -0.344 e. The van der Waals surface area contributed by atoms with Crippen LogP contribution in [0.15, 0.2) is 36.5 Å². The highest BCUT2D eigenvalue weighted by molar-refractivity contribution is 5.92. The highest BCUT2D eigenvalue weighted by atomic mass is 19.1. The molecule has 5 nitrogen and oxygen atoms in total. The molecule has 0 radical (unpaired) electrons. The third-order valence-corrected chi connectivity index (χ3v) is 5.85. The number of carbonyl (C=O) groups excluding carboxylic acids is 1. The summed E-state index contributed by atoms with van der Waals surface area (Å²) in [6.07, 6.45) is 8.52. The highest BCUT2D eigenvalue weighted by Crippen LogP contribution is 2.36. The zero-order valence-electron chi connectivity index (χ0n) is 15.5. The Morgan fingerprint density at radius 1 is 1.22 bits per heavy atom. The Morgan fingerprint density at radius 3 is 2.81 bits per heavy atom. The van der Waals surface area contributed by atoms with Crippen LogP contribution in [0.2, 0.25) is 0 Å². The van der Waals surface area contributed by atoms with Crippen molar-refractivity contribution in [1.82, 2.24) is 20.4 Å². The number of piperidine rings is 1. The number of nitrogens with one attached hydrogen (secondary N) is 2. The first-order chi connectivity index (χ1) is 13.2. The first-order valence-corrected chi connectivity index (χ1v) is 10.0. The molecule has 2 aromatic rings. The van der Waals surface area contributed by atoms with Crippen LogP contribution in [0.25, 0.3) is 0 Å². The molecule has 1 saturated carbocycles. The molecule has 1 aromatic carbocycles. The van der Waals surface area contributed by atoms with Crippen LogP contribution in [0.3, 0.4) is 0 Å². The van der Waals surface area contributed by atoms with E-state index in [1.165, 1.54) is 12.1 Å². The lowest BCUT2D eigenvalue weighted by molar-refractivity contribution is 0.0915. The van der Waals surface area contributed by atoms with Crippen LogP contribution in [0.5, 0.6) is 0 Å². The van der Waals surface area contributed by atoms with Crippen LogP contribution in [0.1, 0.15) is 66.7 Å². The van der Waals surface area contributed by atoms with E-state index in [1.54, 1.807) is 12.1 Å². The molecule has 0 bridgehead atoms. The van der Waals surface area contributed by atoms with E-state index < -0.39 is 0 Å². The Hall–Kier alpha value is -2.21. The second-order valence-corrected chi connectivity index (χ2v) is 7.73. The number of amides is 1. The molecule has 1 aromatic heterocycles. The van der Waals surface area contributed by atoms with Gasteiger partial charge in [-0.2, -0.15) is 5.10 Å². The lowest BCUT2D eigenvalue weighted by atomic mass is 9.91. The van der Waals surface area contributed by atoms with Crippen molar-refractivity contribution in [3.63, 3.8) is 0 Å². The van der Waals surface area contributed by atoms with Crippen LogP contribution in [0.4, 0.5) is 4.39 Å². The van der Waals surface area contributed by atoms with Gasteiger partial charge in [0, 0.05) is 12.7 Å². The fourth-order valence-electron chi connectivity index (χ4n) is 4.40. The predicted octanol–water partition coefficient (Wildman–Crippen LogP) is 3.61. The average Bonchev–Trinajstić information content (AvgIpc) is 3.39. The van der Waals surface area contributed by atoms with Crippen molar-refractivity contribution in [2.75, 3.05) is 13.1 Å². The molecule has 27 heavy (non-hydrogen) atoms. The summed E-state index contributed by atoms with van der Waals surface area (Å²) < 4.78 is 15.6. The molecule has 2 atom stereocenters. The average molecular weight is 370 g/mol. The van der Waals surface area contributed by atoms with Gasteiger partial charge in [0.05, 0.1) is 12.1 Å². The minimum absolute atomic E-state index is 0.169. The lowest BCUT2D eigenvalue weighted by Crippen LogP contribution is -2.34. The van der Waals surface area contributed by atoms with Crippen molar-refractivity contribution in [3.05, 3.63) is 53.6 Å². The first kappa shape index (κ1) is 18.2. The number of hydrogen-bond acceptors (Lipinski definition) is 3. The second kappa shape index (κ2) is 8.21. The zero-order chi connectivity index (χ0) is 18.6. The van der Waals surface area contributed by atoms with Crippen LogP contribution >= 0.6 is 0 Å². The summed E-state index contributed by atoms with van der Waals surface area (Å²) in [6, 6.07) is 8.50. The zero-order valence-corrected chi connectivity index (χ0v) is 15.5. The molecule has 1 amide bonds. The van der Waals surface area contributed by atoms with Crippen molar-refractivity contribution in [3.8, 4) is 0 Å². The molecule has 2 aliphatic rings. The van der Waals surface area contributed by atoms with E-state index in [0.717, 1.165) is 57.2 Å². The van der Waals surface area contributed by atoms with Gasteiger partial charge in [-0.3, -0.25) is 9.48 Å². The SMILES string of the molecule is O=C(NC(c1cccc(F)c1)C1CCCC1)c1ccn(C2CCCNC2)n1. The third-order valence-electron chi connectivity index (χ3n) is 5.85. The maximum Gasteiger partial charge on any atom is 0.272 e. The van der Waals surface area contributed by atoms with Gasteiger partial charge in [-0.1, -0.05) is 25.0 Å². The molecule has 0 spiro atoms. The molecule has 2 unspecified atom stereocenters. The van der Waals surface area contributed by atoms with Gasteiger partial charge in [-0.05, 0) is 61.9 Å². The Bertz CT molecular complexity index is 778. The van der Waals surface area contributed by atoms with E-state index in [1.807, 2.05) is 16.9 Å². The van der Waals surface area contributed by atoms with Crippen molar-refractivity contribution >= 4 is 5.91 Å². The van der Waals surface area contributed by atoms with Gasteiger partial charge in [-0.25, -0.2) is 4.39 Å². The normalized spacial score (nSPS) is 21.9. The number of carbonyl (C=O) groups is 1. The highest BCUT2D eigenvalue weighted by Gasteiger charge is 2.29. The smallest absolute Gasteiger partial charge is 0.272 e. The molecule has 2 N–H and O–H groups in total. The largest absolute Gasteiger partial charge is 0.344 e. The van der Waals surface area contributed by atoms with E-state index in [9.17, 15) is 9.18 Å². The minimum atomic E-state index is -0.265. The Labute approximate surface area is 159 Å². The monoisotopic (exact) mass is 370 g/mol. The van der Waals surface area contributed by atoms with Crippen molar-refractivity contribution in [2.24, 2.45) is 5.92 Å². The number of rotatable bonds is 5. The van der Waals surface area contributed by atoms with E-state index in [0.29, 0.717) is 17.7 Å². The Balaban J connectivity index is 1.50. The van der Waals surface area contributed by atoms with Gasteiger partial charge in [0.1, 0.15) is 11.5 Å². The molecule has 4 rings (SSSR count). The van der Waals surface area contributed by atoms with Crippen LogP contribution < -0.4 is 10.6 Å². The van der Waals surface area contributed by atoms with E-state index in [4.69, 9.17) is 0 Å². The number of aromatic nitrogens is 2. The molecule has 2 heterocycles. The summed E-state index contributed by atoms with van der Waals surface area (Å²) in [5.74, 6) is -0.0992. The molecule has 1 aliphatic carbocycles. The summed E-state index contributed by atoms with van der Waals surface area (Å²) in [4.78, 5) is 12.9. The van der Waals surface area contributed by atoms with Gasteiger partial charge in [-0.15, -0.1) is 0 Å². The fourth-order valence-corrected chi connectivity index (χ4v) is 4.40. The van der Waals surface area contributed by atoms with Crippen molar-refractivity contribution in [2.45, 2.75) is 50.6 Å². The number of nitrogens with zero attached hydrogens (tertiary/aromatic N) is 2. The van der Waals surface area contributed by atoms with Gasteiger partial charge < -0.3 is 10.6 Å². The summed E-state index contributed by atoms with van der Waals surface area (Å²) in [6.45, 7) is 1.93. The predicted molar refractivity (Wildman–Crippen MR) is 102 cm³/mol.